The van der Waals surface area contributed by atoms with Crippen LogP contribution in [0.5, 0.6) is 0 Å². The highest BCUT2D eigenvalue weighted by molar-refractivity contribution is 5.86. The molecule has 1 saturated heterocycles. The molecule has 6 heteroatoms. The summed E-state index contributed by atoms with van der Waals surface area (Å²) in [5.41, 5.74) is 0. The third kappa shape index (κ3) is 3.37. The van der Waals surface area contributed by atoms with Crippen LogP contribution in [0.2, 0.25) is 0 Å². The zero-order valence-electron chi connectivity index (χ0n) is 10.0. The van der Waals surface area contributed by atoms with E-state index >= 15 is 0 Å². The quantitative estimate of drug-likeness (QED) is 0.694. The van der Waals surface area contributed by atoms with Crippen LogP contribution in [-0.2, 0) is 9.53 Å². The summed E-state index contributed by atoms with van der Waals surface area (Å²) in [6.07, 6.45) is 0. The summed E-state index contributed by atoms with van der Waals surface area (Å²) in [5.74, 6) is -0.110. The molecule has 1 aliphatic heterocycles. The number of rotatable bonds is 2. The molecule has 0 bridgehead atoms. The molecule has 0 aromatic rings. The fraction of sp³-hybridized carbons (Fsp3) is 0.800. The monoisotopic (exact) mass is 229 g/mol. The normalized spacial score (nSPS) is 17.8. The second-order valence-corrected chi connectivity index (χ2v) is 4.00. The molecule has 1 fully saturated rings. The lowest BCUT2D eigenvalue weighted by Gasteiger charge is -2.28. The van der Waals surface area contributed by atoms with E-state index < -0.39 is 6.04 Å². The van der Waals surface area contributed by atoms with Crippen LogP contribution in [0.25, 0.3) is 0 Å². The molecule has 0 aromatic carbocycles. The van der Waals surface area contributed by atoms with Gasteiger partial charge in [0, 0.05) is 27.2 Å². The van der Waals surface area contributed by atoms with Crippen LogP contribution in [0.4, 0.5) is 4.79 Å². The van der Waals surface area contributed by atoms with E-state index in [0.717, 1.165) is 0 Å². The fourth-order valence-electron chi connectivity index (χ4n) is 1.49. The summed E-state index contributed by atoms with van der Waals surface area (Å²) in [6, 6.07) is -0.698. The van der Waals surface area contributed by atoms with Gasteiger partial charge in [-0.25, -0.2) is 4.79 Å². The van der Waals surface area contributed by atoms with Crippen LogP contribution in [-0.4, -0.2) is 68.2 Å². The summed E-state index contributed by atoms with van der Waals surface area (Å²) < 4.78 is 5.14. The van der Waals surface area contributed by atoms with Gasteiger partial charge in [-0.1, -0.05) is 0 Å². The molecule has 0 radical (unpaired) electrons. The number of amides is 3. The summed E-state index contributed by atoms with van der Waals surface area (Å²) >= 11 is 0. The second-order valence-electron chi connectivity index (χ2n) is 4.00. The first-order valence-electron chi connectivity index (χ1n) is 5.36. The largest absolute Gasteiger partial charge is 0.378 e. The van der Waals surface area contributed by atoms with E-state index in [9.17, 15) is 9.59 Å². The van der Waals surface area contributed by atoms with Crippen molar-refractivity contribution in [3.05, 3.63) is 0 Å². The van der Waals surface area contributed by atoms with Crippen LogP contribution < -0.4 is 5.32 Å². The Morgan fingerprint density at radius 3 is 2.38 bits per heavy atom. The number of hydrogen-bond donors (Lipinski definition) is 1. The number of morpholine rings is 1. The van der Waals surface area contributed by atoms with Gasteiger partial charge in [-0.15, -0.1) is 0 Å². The van der Waals surface area contributed by atoms with E-state index in [0.29, 0.717) is 26.3 Å². The van der Waals surface area contributed by atoms with Crippen LogP contribution in [0, 0.1) is 0 Å². The summed E-state index contributed by atoms with van der Waals surface area (Å²) in [6.45, 7) is 3.96. The van der Waals surface area contributed by atoms with Gasteiger partial charge in [-0.2, -0.15) is 0 Å². The molecule has 0 spiro atoms. The molecule has 0 aromatic heterocycles. The van der Waals surface area contributed by atoms with E-state index in [2.05, 4.69) is 5.32 Å². The molecule has 3 amide bonds. The number of likely N-dealkylation sites (N-methyl/N-ethyl adjacent to an activating group) is 1. The fourth-order valence-corrected chi connectivity index (χ4v) is 1.49. The topological polar surface area (TPSA) is 61.9 Å². The van der Waals surface area contributed by atoms with Gasteiger partial charge < -0.3 is 19.9 Å². The van der Waals surface area contributed by atoms with Crippen molar-refractivity contribution in [2.45, 2.75) is 13.0 Å². The van der Waals surface area contributed by atoms with E-state index in [4.69, 9.17) is 4.74 Å². The van der Waals surface area contributed by atoms with Gasteiger partial charge in [0.15, 0.2) is 0 Å². The van der Waals surface area contributed by atoms with Gasteiger partial charge in [0.25, 0.3) is 0 Å². The van der Waals surface area contributed by atoms with Crippen molar-refractivity contribution in [2.75, 3.05) is 40.4 Å². The predicted octanol–water partition coefficient (Wildman–Crippen LogP) is -0.495. The summed E-state index contributed by atoms with van der Waals surface area (Å²) in [5, 5.41) is 2.67. The number of carbonyl (C=O) groups excluding carboxylic acids is 2. The van der Waals surface area contributed by atoms with Gasteiger partial charge in [0.2, 0.25) is 5.91 Å². The van der Waals surface area contributed by atoms with Crippen molar-refractivity contribution in [3.63, 3.8) is 0 Å². The minimum Gasteiger partial charge on any atom is -0.378 e. The number of ether oxygens (including phenoxy) is 1. The van der Waals surface area contributed by atoms with Crippen LogP contribution >= 0.6 is 0 Å². The van der Waals surface area contributed by atoms with Crippen molar-refractivity contribution in [1.29, 1.82) is 0 Å². The van der Waals surface area contributed by atoms with E-state index in [1.165, 1.54) is 4.90 Å². The Morgan fingerprint density at radius 2 is 1.88 bits per heavy atom. The van der Waals surface area contributed by atoms with Crippen molar-refractivity contribution in [1.82, 2.24) is 15.1 Å². The minimum absolute atomic E-state index is 0.110. The van der Waals surface area contributed by atoms with Gasteiger partial charge in [0.05, 0.1) is 13.2 Å². The van der Waals surface area contributed by atoms with Gasteiger partial charge in [0.1, 0.15) is 6.04 Å². The number of carbonyl (C=O) groups is 2. The Balaban J connectivity index is 2.40. The number of nitrogens with one attached hydrogen (secondary N) is 1. The Bertz CT molecular complexity index is 262. The van der Waals surface area contributed by atoms with E-state index in [-0.39, 0.29) is 11.9 Å². The summed E-state index contributed by atoms with van der Waals surface area (Å²) in [7, 11) is 3.33. The molecule has 0 aliphatic carbocycles. The molecule has 6 nitrogen and oxygen atoms in total. The first-order chi connectivity index (χ1) is 7.52. The van der Waals surface area contributed by atoms with Crippen LogP contribution in [0.15, 0.2) is 0 Å². The van der Waals surface area contributed by atoms with Gasteiger partial charge in [-0.05, 0) is 6.92 Å². The Labute approximate surface area is 95.5 Å². The maximum atomic E-state index is 11.7. The Kier molecular flexibility index (Phi) is 4.54. The number of hydrogen-bond acceptors (Lipinski definition) is 3. The highest BCUT2D eigenvalue weighted by atomic mass is 16.5. The molecule has 1 atom stereocenters. The van der Waals surface area contributed by atoms with Gasteiger partial charge in [-0.3, -0.25) is 4.79 Å². The van der Waals surface area contributed by atoms with E-state index in [1.54, 1.807) is 25.9 Å². The zero-order valence-corrected chi connectivity index (χ0v) is 10.0. The standard InChI is InChI=1S/C10H19N3O3/c1-8(9(14)12(2)3)11-10(15)13-4-6-16-7-5-13/h8H,4-7H2,1-3H3,(H,11,15). The molecular formula is C10H19N3O3. The third-order valence-corrected chi connectivity index (χ3v) is 2.45. The highest BCUT2D eigenvalue weighted by Crippen LogP contribution is 1.98. The Morgan fingerprint density at radius 1 is 1.31 bits per heavy atom. The third-order valence-electron chi connectivity index (χ3n) is 2.45. The Hall–Kier alpha value is -1.30. The second kappa shape index (κ2) is 5.69. The number of urea groups is 1. The van der Waals surface area contributed by atoms with E-state index in [1.807, 2.05) is 0 Å². The molecule has 92 valence electrons. The SMILES string of the molecule is CC(NC(=O)N1CCOCC1)C(=O)N(C)C. The lowest BCUT2D eigenvalue weighted by Crippen LogP contribution is -2.52. The van der Waals surface area contributed by atoms with Crippen LogP contribution in [0.3, 0.4) is 0 Å². The highest BCUT2D eigenvalue weighted by Gasteiger charge is 2.22. The molecular weight excluding hydrogens is 210 g/mol. The predicted molar refractivity (Wildman–Crippen MR) is 59.1 cm³/mol. The smallest absolute Gasteiger partial charge is 0.318 e. The molecule has 1 heterocycles. The van der Waals surface area contributed by atoms with Crippen molar-refractivity contribution in [3.8, 4) is 0 Å². The van der Waals surface area contributed by atoms with Crippen LogP contribution in [0.1, 0.15) is 6.92 Å². The molecule has 0 saturated carbocycles. The summed E-state index contributed by atoms with van der Waals surface area (Å²) in [4.78, 5) is 26.4. The zero-order chi connectivity index (χ0) is 12.1. The van der Waals surface area contributed by atoms with Crippen molar-refractivity contribution < 1.29 is 14.3 Å². The molecule has 1 rings (SSSR count). The minimum atomic E-state index is -0.495. The molecule has 1 unspecified atom stereocenters. The molecule has 1 aliphatic rings. The lowest BCUT2D eigenvalue weighted by atomic mass is 10.3. The number of nitrogens with zero attached hydrogens (tertiary/aromatic N) is 2. The average Bonchev–Trinajstić information content (AvgIpc) is 2.28. The van der Waals surface area contributed by atoms with Crippen molar-refractivity contribution in [2.24, 2.45) is 0 Å². The lowest BCUT2D eigenvalue weighted by molar-refractivity contribution is -0.130. The van der Waals surface area contributed by atoms with Gasteiger partial charge >= 0.3 is 6.03 Å². The maximum absolute atomic E-state index is 11.7. The first kappa shape index (κ1) is 12.8. The molecule has 1 N–H and O–H groups in total. The molecule has 16 heavy (non-hydrogen) atoms. The first-order valence-corrected chi connectivity index (χ1v) is 5.36. The average molecular weight is 229 g/mol. The van der Waals surface area contributed by atoms with Crippen molar-refractivity contribution >= 4 is 11.9 Å². The maximum Gasteiger partial charge on any atom is 0.318 e.